The van der Waals surface area contributed by atoms with E-state index in [0.717, 1.165) is 11.8 Å². The Balaban J connectivity index is 1.60. The van der Waals surface area contributed by atoms with Crippen LogP contribution in [0.3, 0.4) is 0 Å². The van der Waals surface area contributed by atoms with Crippen LogP contribution in [0.5, 0.6) is 0 Å². The van der Waals surface area contributed by atoms with Crippen molar-refractivity contribution in [3.8, 4) is 0 Å². The van der Waals surface area contributed by atoms with Crippen molar-refractivity contribution < 1.29 is 0 Å². The molecular weight excluding hydrogens is 256 g/mol. The van der Waals surface area contributed by atoms with Crippen LogP contribution in [-0.2, 0) is 0 Å². The molecule has 0 spiro atoms. The Morgan fingerprint density at radius 3 is 2.29 bits per heavy atom. The van der Waals surface area contributed by atoms with Gasteiger partial charge in [-0.15, -0.1) is 0 Å². The van der Waals surface area contributed by atoms with Gasteiger partial charge in [0.15, 0.2) is 0 Å². The van der Waals surface area contributed by atoms with Gasteiger partial charge in [0.2, 0.25) is 0 Å². The lowest BCUT2D eigenvalue weighted by Crippen LogP contribution is -2.59. The van der Waals surface area contributed by atoms with Gasteiger partial charge >= 0.3 is 0 Å². The van der Waals surface area contributed by atoms with Crippen LogP contribution in [0.2, 0.25) is 0 Å². The zero-order chi connectivity index (χ0) is 14.9. The molecule has 3 N–H and O–H groups in total. The quantitative estimate of drug-likeness (QED) is 0.383. The summed E-state index contributed by atoms with van der Waals surface area (Å²) >= 11 is 0. The van der Waals surface area contributed by atoms with Crippen LogP contribution in [0, 0.1) is 22.7 Å². The first kappa shape index (κ1) is 15.8. The van der Waals surface area contributed by atoms with Gasteiger partial charge in [-0.05, 0) is 67.6 Å². The highest BCUT2D eigenvalue weighted by atomic mass is 15.2. The molecule has 0 aromatic rings. The third-order valence-corrected chi connectivity index (χ3v) is 6.94. The maximum absolute atomic E-state index is 6.03. The monoisotopic (exact) mass is 292 g/mol. The summed E-state index contributed by atoms with van der Waals surface area (Å²) in [6, 6.07) is 0.573. The van der Waals surface area contributed by atoms with Crippen LogP contribution >= 0.6 is 0 Å². The summed E-state index contributed by atoms with van der Waals surface area (Å²) in [7, 11) is 0. The molecule has 4 saturated carbocycles. The zero-order valence-electron chi connectivity index (χ0n) is 14.3. The van der Waals surface area contributed by atoms with E-state index in [1.807, 2.05) is 0 Å². The highest BCUT2D eigenvalue weighted by Gasteiger charge is 2.57. The van der Waals surface area contributed by atoms with E-state index in [-0.39, 0.29) is 0 Å². The first-order chi connectivity index (χ1) is 10.1. The number of unbranched alkanes of at least 4 members (excludes halogenated alkanes) is 4. The highest BCUT2D eigenvalue weighted by molar-refractivity contribution is 5.09. The van der Waals surface area contributed by atoms with Gasteiger partial charge < -0.3 is 0 Å². The smallest absolute Gasteiger partial charge is 0.0267 e. The van der Waals surface area contributed by atoms with Crippen molar-refractivity contribution in [1.29, 1.82) is 0 Å². The predicted molar refractivity (Wildman–Crippen MR) is 89.7 cm³/mol. The van der Waals surface area contributed by atoms with E-state index in [1.165, 1.54) is 77.0 Å². The molecule has 0 saturated heterocycles. The lowest BCUT2D eigenvalue weighted by atomic mass is 9.43. The Labute approximate surface area is 131 Å². The molecule has 4 bridgehead atoms. The van der Waals surface area contributed by atoms with Crippen molar-refractivity contribution >= 4 is 0 Å². The first-order valence-corrected chi connectivity index (χ1v) is 9.55. The molecule has 4 aliphatic carbocycles. The molecule has 4 rings (SSSR count). The number of hydrazine groups is 1. The van der Waals surface area contributed by atoms with Crippen molar-refractivity contribution in [2.75, 3.05) is 0 Å². The zero-order valence-corrected chi connectivity index (χ0v) is 14.3. The van der Waals surface area contributed by atoms with E-state index in [0.29, 0.717) is 16.9 Å². The molecule has 0 aromatic heterocycles. The number of rotatable bonds is 8. The predicted octanol–water partition coefficient (Wildman–Crippen LogP) is 4.79. The molecule has 21 heavy (non-hydrogen) atoms. The number of nitrogens with one attached hydrogen (secondary N) is 1. The fourth-order valence-electron chi connectivity index (χ4n) is 6.72. The van der Waals surface area contributed by atoms with Gasteiger partial charge in [-0.3, -0.25) is 11.3 Å². The SMILES string of the molecule is CCCCCCCC(NN)C12CC3CC(CC(C)(C3)C1)C2. The normalized spacial score (nSPS) is 42.4. The second-order valence-corrected chi connectivity index (χ2v) is 9.06. The standard InChI is InChI=1S/C19H36N2/c1-3-4-5-6-7-8-17(21-20)19-12-15-9-16(13-19)11-18(2,10-15)14-19/h15-17,21H,3-14,20H2,1-2H3. The lowest BCUT2D eigenvalue weighted by molar-refractivity contribution is -0.119. The van der Waals surface area contributed by atoms with Crippen molar-refractivity contribution in [3.05, 3.63) is 0 Å². The largest absolute Gasteiger partial charge is 0.271 e. The Morgan fingerprint density at radius 2 is 1.71 bits per heavy atom. The fraction of sp³-hybridized carbons (Fsp3) is 1.00. The summed E-state index contributed by atoms with van der Waals surface area (Å²) in [4.78, 5) is 0. The second-order valence-electron chi connectivity index (χ2n) is 9.06. The molecular formula is C19H36N2. The van der Waals surface area contributed by atoms with E-state index in [1.54, 1.807) is 0 Å². The van der Waals surface area contributed by atoms with Gasteiger partial charge in [-0.1, -0.05) is 46.0 Å². The summed E-state index contributed by atoms with van der Waals surface area (Å²) in [5.74, 6) is 8.04. The highest BCUT2D eigenvalue weighted by Crippen LogP contribution is 2.66. The summed E-state index contributed by atoms with van der Waals surface area (Å²) in [6.07, 6.45) is 17.1. The number of hydrogen-bond acceptors (Lipinski definition) is 2. The Bertz CT molecular complexity index is 337. The third kappa shape index (κ3) is 3.17. The van der Waals surface area contributed by atoms with Gasteiger partial charge in [0.25, 0.3) is 0 Å². The van der Waals surface area contributed by atoms with Crippen LogP contribution in [-0.4, -0.2) is 6.04 Å². The van der Waals surface area contributed by atoms with E-state index in [2.05, 4.69) is 19.3 Å². The maximum atomic E-state index is 6.03. The summed E-state index contributed by atoms with van der Waals surface area (Å²) in [5.41, 5.74) is 4.45. The van der Waals surface area contributed by atoms with Crippen LogP contribution in [0.25, 0.3) is 0 Å². The van der Waals surface area contributed by atoms with Crippen molar-refractivity contribution in [2.45, 2.75) is 96.9 Å². The van der Waals surface area contributed by atoms with Gasteiger partial charge in [-0.25, -0.2) is 0 Å². The van der Waals surface area contributed by atoms with Gasteiger partial charge in [0.05, 0.1) is 0 Å². The minimum atomic E-state index is 0.540. The van der Waals surface area contributed by atoms with E-state index in [4.69, 9.17) is 5.84 Å². The molecule has 3 unspecified atom stereocenters. The van der Waals surface area contributed by atoms with Crippen molar-refractivity contribution in [2.24, 2.45) is 28.5 Å². The number of hydrogen-bond donors (Lipinski definition) is 2. The van der Waals surface area contributed by atoms with Crippen LogP contribution in [0.15, 0.2) is 0 Å². The summed E-state index contributed by atoms with van der Waals surface area (Å²) in [5, 5.41) is 0. The topological polar surface area (TPSA) is 38.0 Å². The molecule has 0 amide bonds. The molecule has 0 heterocycles. The van der Waals surface area contributed by atoms with E-state index in [9.17, 15) is 0 Å². The van der Waals surface area contributed by atoms with E-state index < -0.39 is 0 Å². The Hall–Kier alpha value is -0.0800. The molecule has 122 valence electrons. The van der Waals surface area contributed by atoms with Crippen LogP contribution in [0.1, 0.15) is 90.9 Å². The molecule has 0 radical (unpaired) electrons. The minimum absolute atomic E-state index is 0.540. The van der Waals surface area contributed by atoms with Gasteiger partial charge in [-0.2, -0.15) is 0 Å². The number of nitrogens with two attached hydrogens (primary N) is 1. The minimum Gasteiger partial charge on any atom is -0.271 e. The molecule has 2 nitrogen and oxygen atoms in total. The molecule has 2 heteroatoms. The third-order valence-electron chi connectivity index (χ3n) is 6.94. The molecule has 0 aliphatic heterocycles. The van der Waals surface area contributed by atoms with Gasteiger partial charge in [0, 0.05) is 6.04 Å². The molecule has 4 aliphatic rings. The van der Waals surface area contributed by atoms with Crippen LogP contribution in [0.4, 0.5) is 0 Å². The maximum Gasteiger partial charge on any atom is 0.0267 e. The molecule has 4 fully saturated rings. The van der Waals surface area contributed by atoms with Crippen molar-refractivity contribution in [3.63, 3.8) is 0 Å². The van der Waals surface area contributed by atoms with Crippen molar-refractivity contribution in [1.82, 2.24) is 5.43 Å². The summed E-state index contributed by atoms with van der Waals surface area (Å²) < 4.78 is 0. The van der Waals surface area contributed by atoms with Gasteiger partial charge in [0.1, 0.15) is 0 Å². The fourth-order valence-corrected chi connectivity index (χ4v) is 6.72. The first-order valence-electron chi connectivity index (χ1n) is 9.55. The average molecular weight is 293 g/mol. The average Bonchev–Trinajstić information content (AvgIpc) is 2.39. The molecule has 0 aromatic carbocycles. The second kappa shape index (κ2) is 6.20. The van der Waals surface area contributed by atoms with Crippen LogP contribution < -0.4 is 11.3 Å². The molecule has 3 atom stereocenters. The van der Waals surface area contributed by atoms with E-state index >= 15 is 0 Å². The lowest BCUT2D eigenvalue weighted by Gasteiger charge is -2.63. The Morgan fingerprint density at radius 1 is 1.05 bits per heavy atom. The summed E-state index contributed by atoms with van der Waals surface area (Å²) in [6.45, 7) is 4.86. The Kier molecular flexibility index (Phi) is 4.66.